The lowest BCUT2D eigenvalue weighted by molar-refractivity contribution is -0.0262. The Labute approximate surface area is 164 Å². The first-order valence-electron chi connectivity index (χ1n) is 9.02. The summed E-state index contributed by atoms with van der Waals surface area (Å²) in [5.41, 5.74) is 7.45. The highest BCUT2D eigenvalue weighted by Crippen LogP contribution is 2.56. The summed E-state index contributed by atoms with van der Waals surface area (Å²) in [6.07, 6.45) is 0.207. The first-order valence-corrected chi connectivity index (χ1v) is 9.84. The summed E-state index contributed by atoms with van der Waals surface area (Å²) in [6.45, 7) is 3.74. The number of fused-ring (bicyclic) bond motifs is 2. The third-order valence-electron chi connectivity index (χ3n) is 5.84. The SMILES string of the molecule is Cc1nc(N)nc(N[C@@H]2C[C@@H]3C(O)[C@]3(O)[C@H]2O)c1-c1nc2c(C)nccc2s1. The van der Waals surface area contributed by atoms with Gasteiger partial charge in [-0.05, 0) is 26.3 Å². The van der Waals surface area contributed by atoms with E-state index in [4.69, 9.17) is 10.7 Å². The summed E-state index contributed by atoms with van der Waals surface area (Å²) in [6, 6.07) is 1.46. The minimum atomic E-state index is -1.44. The number of nitrogens with zero attached hydrogens (tertiary/aromatic N) is 4. The maximum absolute atomic E-state index is 10.5. The molecule has 2 aliphatic rings. The lowest BCUT2D eigenvalue weighted by Crippen LogP contribution is -2.42. The van der Waals surface area contributed by atoms with Gasteiger partial charge in [0.05, 0.1) is 33.8 Å². The summed E-state index contributed by atoms with van der Waals surface area (Å²) < 4.78 is 1.00. The maximum Gasteiger partial charge on any atom is 0.222 e. The molecule has 10 heteroatoms. The molecular weight excluding hydrogens is 380 g/mol. The molecule has 2 saturated carbocycles. The maximum atomic E-state index is 10.5. The second-order valence-electron chi connectivity index (χ2n) is 7.52. The molecule has 28 heavy (non-hydrogen) atoms. The molecule has 0 bridgehead atoms. The Bertz CT molecular complexity index is 1100. The zero-order valence-electron chi connectivity index (χ0n) is 15.3. The van der Waals surface area contributed by atoms with Crippen molar-refractivity contribution >= 4 is 33.3 Å². The normalized spacial score (nSPS) is 31.2. The van der Waals surface area contributed by atoms with Crippen LogP contribution >= 0.6 is 11.3 Å². The number of aliphatic hydroxyl groups is 3. The molecule has 2 aliphatic carbocycles. The van der Waals surface area contributed by atoms with Crippen LogP contribution in [0.3, 0.4) is 0 Å². The molecule has 0 aromatic carbocycles. The van der Waals surface area contributed by atoms with E-state index in [0.717, 1.165) is 20.9 Å². The first kappa shape index (κ1) is 17.7. The van der Waals surface area contributed by atoms with Gasteiger partial charge in [0, 0.05) is 12.1 Å². The highest BCUT2D eigenvalue weighted by Gasteiger charge is 2.74. The molecule has 0 saturated heterocycles. The fourth-order valence-electron chi connectivity index (χ4n) is 4.24. The molecule has 1 unspecified atom stereocenters. The summed E-state index contributed by atoms with van der Waals surface area (Å²) >= 11 is 1.50. The number of nitrogens with one attached hydrogen (secondary N) is 1. The summed E-state index contributed by atoms with van der Waals surface area (Å²) in [5.74, 6) is 0.233. The Morgan fingerprint density at radius 2 is 1.96 bits per heavy atom. The van der Waals surface area contributed by atoms with Crippen LogP contribution in [-0.2, 0) is 0 Å². The average molecular weight is 400 g/mol. The Morgan fingerprint density at radius 1 is 1.18 bits per heavy atom. The van der Waals surface area contributed by atoms with Gasteiger partial charge in [0.15, 0.2) is 0 Å². The number of rotatable bonds is 3. The molecule has 9 nitrogen and oxygen atoms in total. The quantitative estimate of drug-likeness (QED) is 0.426. The van der Waals surface area contributed by atoms with Crippen LogP contribution in [0, 0.1) is 19.8 Å². The van der Waals surface area contributed by atoms with Gasteiger partial charge in [0.1, 0.15) is 28.0 Å². The number of hydrogen-bond acceptors (Lipinski definition) is 10. The minimum Gasteiger partial charge on any atom is -0.390 e. The number of nitrogens with two attached hydrogens (primary N) is 1. The van der Waals surface area contributed by atoms with Gasteiger partial charge in [-0.2, -0.15) is 4.98 Å². The molecular formula is C18H20N6O3S. The van der Waals surface area contributed by atoms with Crippen LogP contribution in [0.1, 0.15) is 17.8 Å². The first-order chi connectivity index (χ1) is 13.3. The molecule has 3 aromatic heterocycles. The van der Waals surface area contributed by atoms with Crippen molar-refractivity contribution in [1.29, 1.82) is 0 Å². The van der Waals surface area contributed by atoms with Gasteiger partial charge in [-0.3, -0.25) is 4.98 Å². The van der Waals surface area contributed by atoms with Crippen LogP contribution < -0.4 is 11.1 Å². The van der Waals surface area contributed by atoms with Crippen molar-refractivity contribution in [2.75, 3.05) is 11.1 Å². The predicted octanol–water partition coefficient (Wildman–Crippen LogP) is 0.614. The van der Waals surface area contributed by atoms with Gasteiger partial charge in [-0.25, -0.2) is 9.97 Å². The van der Waals surface area contributed by atoms with Crippen LogP contribution in [0.15, 0.2) is 12.3 Å². The van der Waals surface area contributed by atoms with Crippen LogP contribution in [0.25, 0.3) is 20.8 Å². The fraction of sp³-hybridized carbons (Fsp3) is 0.444. The second-order valence-corrected chi connectivity index (χ2v) is 8.55. The lowest BCUT2D eigenvalue weighted by atomic mass is 10.1. The van der Waals surface area contributed by atoms with Gasteiger partial charge >= 0.3 is 0 Å². The molecule has 5 rings (SSSR count). The smallest absolute Gasteiger partial charge is 0.222 e. The van der Waals surface area contributed by atoms with Gasteiger partial charge < -0.3 is 26.4 Å². The van der Waals surface area contributed by atoms with Gasteiger partial charge in [-0.15, -0.1) is 11.3 Å². The van der Waals surface area contributed by atoms with E-state index in [1.54, 1.807) is 6.20 Å². The van der Waals surface area contributed by atoms with Crippen molar-refractivity contribution in [3.05, 3.63) is 23.7 Å². The molecule has 3 aromatic rings. The van der Waals surface area contributed by atoms with E-state index in [1.807, 2.05) is 19.9 Å². The zero-order valence-corrected chi connectivity index (χ0v) is 16.1. The Kier molecular flexibility index (Phi) is 3.66. The van der Waals surface area contributed by atoms with Crippen molar-refractivity contribution < 1.29 is 15.3 Å². The summed E-state index contributed by atoms with van der Waals surface area (Å²) in [7, 11) is 0. The zero-order chi connectivity index (χ0) is 19.8. The highest BCUT2D eigenvalue weighted by molar-refractivity contribution is 7.21. The molecule has 2 fully saturated rings. The number of anilines is 2. The summed E-state index contributed by atoms with van der Waals surface area (Å²) in [4.78, 5) is 17.6. The molecule has 0 aliphatic heterocycles. The summed E-state index contributed by atoms with van der Waals surface area (Å²) in [5, 5.41) is 34.6. The lowest BCUT2D eigenvalue weighted by Gasteiger charge is -2.24. The Morgan fingerprint density at radius 3 is 2.64 bits per heavy atom. The third-order valence-corrected chi connectivity index (χ3v) is 6.87. The standard InChI is InChI=1S/C18H20N6O3S/c1-6-11(16-23-12-7(2)20-4-3-10(12)28-16)15(24-17(19)21-6)22-9-5-8-13(25)18(8,27)14(9)26/h3-4,8-9,13-14,25-27H,5H2,1-2H3,(H3,19,21,22,24)/t8-,9-,13?,14+,18+/m1/s1. The number of pyridine rings is 1. The number of nitrogen functional groups attached to an aromatic ring is 1. The van der Waals surface area contributed by atoms with Crippen molar-refractivity contribution in [3.63, 3.8) is 0 Å². The van der Waals surface area contributed by atoms with E-state index in [9.17, 15) is 15.3 Å². The van der Waals surface area contributed by atoms with Crippen molar-refractivity contribution in [3.8, 4) is 10.6 Å². The Hall–Kier alpha value is -2.40. The predicted molar refractivity (Wildman–Crippen MR) is 105 cm³/mol. The number of thiazole rings is 1. The molecule has 5 atom stereocenters. The third kappa shape index (κ3) is 2.35. The number of aryl methyl sites for hydroxylation is 2. The van der Waals surface area contributed by atoms with E-state index in [-0.39, 0.29) is 11.9 Å². The van der Waals surface area contributed by atoms with Gasteiger partial charge in [0.2, 0.25) is 5.95 Å². The average Bonchev–Trinajstić information content (AvgIpc) is 2.96. The molecule has 146 valence electrons. The highest BCUT2D eigenvalue weighted by atomic mass is 32.1. The van der Waals surface area contributed by atoms with E-state index < -0.39 is 23.9 Å². The number of aliphatic hydroxyl groups excluding tert-OH is 2. The van der Waals surface area contributed by atoms with Crippen LogP contribution in [0.4, 0.5) is 11.8 Å². The van der Waals surface area contributed by atoms with Gasteiger partial charge in [-0.1, -0.05) is 0 Å². The van der Waals surface area contributed by atoms with E-state index in [2.05, 4.69) is 20.3 Å². The van der Waals surface area contributed by atoms with Crippen LogP contribution in [0.2, 0.25) is 0 Å². The monoisotopic (exact) mass is 400 g/mol. The Balaban J connectivity index is 1.56. The molecule has 0 spiro atoms. The molecule has 0 radical (unpaired) electrons. The topological polar surface area (TPSA) is 150 Å². The van der Waals surface area contributed by atoms with Crippen LogP contribution in [0.5, 0.6) is 0 Å². The fourth-order valence-corrected chi connectivity index (χ4v) is 5.35. The van der Waals surface area contributed by atoms with Gasteiger partial charge in [0.25, 0.3) is 0 Å². The van der Waals surface area contributed by atoms with Crippen LogP contribution in [-0.4, -0.2) is 59.1 Å². The number of aromatic nitrogens is 4. The van der Waals surface area contributed by atoms with Crippen molar-refractivity contribution in [2.45, 2.75) is 44.1 Å². The largest absolute Gasteiger partial charge is 0.390 e. The molecule has 3 heterocycles. The molecule has 0 amide bonds. The van der Waals surface area contributed by atoms with E-state index in [0.29, 0.717) is 23.5 Å². The number of hydrogen-bond donors (Lipinski definition) is 5. The van der Waals surface area contributed by atoms with Crippen molar-refractivity contribution in [1.82, 2.24) is 19.9 Å². The minimum absolute atomic E-state index is 0.110. The van der Waals surface area contributed by atoms with Crippen molar-refractivity contribution in [2.24, 2.45) is 5.92 Å². The molecule has 6 N–H and O–H groups in total. The van der Waals surface area contributed by atoms with E-state index in [1.165, 1.54) is 11.3 Å². The van der Waals surface area contributed by atoms with E-state index >= 15 is 0 Å². The second kappa shape index (κ2) is 5.80.